The highest BCUT2D eigenvalue weighted by Gasteiger charge is 2.22. The van der Waals surface area contributed by atoms with E-state index in [4.69, 9.17) is 37.2 Å². The first-order valence-electron chi connectivity index (χ1n) is 6.71. The van der Waals surface area contributed by atoms with Crippen molar-refractivity contribution in [3.05, 3.63) is 0 Å². The van der Waals surface area contributed by atoms with Crippen LogP contribution in [0.1, 0.15) is 20.3 Å². The smallest absolute Gasteiger partial charge is 0.340 e. The molecule has 0 saturated carbocycles. The number of rotatable bonds is 14. The Kier molecular flexibility index (Phi) is 13.7. The highest BCUT2D eigenvalue weighted by molar-refractivity contribution is 7.54. The van der Waals surface area contributed by atoms with Gasteiger partial charge < -0.3 is 14.0 Å². The van der Waals surface area contributed by atoms with E-state index in [0.29, 0.717) is 44.5 Å². The Morgan fingerprint density at radius 2 is 1.55 bits per heavy atom. The first-order chi connectivity index (χ1) is 9.61. The van der Waals surface area contributed by atoms with Crippen molar-refractivity contribution in [1.29, 1.82) is 0 Å². The van der Waals surface area contributed by atoms with Crippen molar-refractivity contribution >= 4 is 30.9 Å². The van der Waals surface area contributed by atoms with Crippen molar-refractivity contribution in [3.63, 3.8) is 0 Å². The van der Waals surface area contributed by atoms with E-state index in [2.05, 4.69) is 10.2 Å². The van der Waals surface area contributed by atoms with Gasteiger partial charge in [-0.25, -0.2) is 10.2 Å². The Hall–Kier alpha value is 0.610. The minimum atomic E-state index is -3.13. The molecule has 0 heterocycles. The summed E-state index contributed by atoms with van der Waals surface area (Å²) in [7, 11) is -3.13. The Bertz CT molecular complexity index is 257. The monoisotopic (exact) mass is 350 g/mol. The summed E-state index contributed by atoms with van der Waals surface area (Å²) >= 11 is 11.2. The van der Waals surface area contributed by atoms with E-state index in [1.807, 2.05) is 13.8 Å². The van der Waals surface area contributed by atoms with Crippen molar-refractivity contribution in [1.82, 2.24) is 10.2 Å². The Labute approximate surface area is 131 Å². The Morgan fingerprint density at radius 3 is 1.95 bits per heavy atom. The second-order valence-corrected chi connectivity index (χ2v) is 6.46. The molecule has 122 valence electrons. The van der Waals surface area contributed by atoms with Crippen LogP contribution in [0, 0.1) is 0 Å². The summed E-state index contributed by atoms with van der Waals surface area (Å²) in [4.78, 5) is 0. The highest BCUT2D eigenvalue weighted by Crippen LogP contribution is 2.37. The molecule has 0 fully saturated rings. The van der Waals surface area contributed by atoms with Gasteiger partial charge in [0.05, 0.1) is 6.61 Å². The fraction of sp³-hybridized carbons (Fsp3) is 1.00. The molecule has 0 aliphatic rings. The number of hydrogen-bond acceptors (Lipinski definition) is 4. The van der Waals surface area contributed by atoms with E-state index in [-0.39, 0.29) is 12.9 Å². The van der Waals surface area contributed by atoms with Crippen LogP contribution in [-0.4, -0.2) is 51.0 Å². The Balaban J connectivity index is 4.18. The maximum atomic E-state index is 12.4. The minimum Gasteiger partial charge on any atom is -0.353 e. The van der Waals surface area contributed by atoms with Gasteiger partial charge in [0.2, 0.25) is 0 Å². The quantitative estimate of drug-likeness (QED) is 0.285. The molecule has 0 atom stereocenters. The summed E-state index contributed by atoms with van der Waals surface area (Å²) in [5, 5.41) is 5.54. The minimum absolute atomic E-state index is 0.243. The topological polar surface area (TPSA) is 68.8 Å². The van der Waals surface area contributed by atoms with E-state index in [1.54, 1.807) is 0 Å². The van der Waals surface area contributed by atoms with E-state index in [1.165, 1.54) is 0 Å². The second-order valence-electron chi connectivity index (χ2n) is 3.71. The van der Waals surface area contributed by atoms with Crippen LogP contribution in [0.15, 0.2) is 0 Å². The van der Waals surface area contributed by atoms with Gasteiger partial charge in [0.15, 0.2) is 6.29 Å². The molecule has 2 N–H and O–H groups in total. The standard InChI is InChI=1S/C11H25Cl2N2O4P/c1-3-17-11(18-4-2)5-10-19-20(16,14-8-6-12)15-9-7-13/h11H,3-10H2,1-2H3,(H2,14,15,16). The summed E-state index contributed by atoms with van der Waals surface area (Å²) in [6, 6.07) is 0. The van der Waals surface area contributed by atoms with Gasteiger partial charge in [-0.2, -0.15) is 0 Å². The predicted molar refractivity (Wildman–Crippen MR) is 82.7 cm³/mol. The average molecular weight is 351 g/mol. The van der Waals surface area contributed by atoms with Gasteiger partial charge in [0.25, 0.3) is 0 Å². The van der Waals surface area contributed by atoms with Crippen LogP contribution in [0.25, 0.3) is 0 Å². The third-order valence-electron chi connectivity index (χ3n) is 2.16. The van der Waals surface area contributed by atoms with Crippen molar-refractivity contribution in [2.24, 2.45) is 0 Å². The number of nitrogens with one attached hydrogen (secondary N) is 2. The van der Waals surface area contributed by atoms with Crippen LogP contribution in [0.5, 0.6) is 0 Å². The number of hydrogen-bond donors (Lipinski definition) is 2. The lowest BCUT2D eigenvalue weighted by Gasteiger charge is -2.22. The number of alkyl halides is 2. The van der Waals surface area contributed by atoms with E-state index < -0.39 is 7.67 Å². The van der Waals surface area contributed by atoms with Crippen LogP contribution < -0.4 is 10.2 Å². The summed E-state index contributed by atoms with van der Waals surface area (Å²) < 4.78 is 28.6. The van der Waals surface area contributed by atoms with E-state index >= 15 is 0 Å². The molecule has 0 aliphatic carbocycles. The fourth-order valence-corrected chi connectivity index (χ4v) is 3.31. The number of halogens is 2. The zero-order valence-corrected chi connectivity index (χ0v) is 14.5. The lowest BCUT2D eigenvalue weighted by atomic mass is 10.4. The molecule has 9 heteroatoms. The first-order valence-corrected chi connectivity index (χ1v) is 9.41. The summed E-state index contributed by atoms with van der Waals surface area (Å²) in [6.07, 6.45) is 0.149. The largest absolute Gasteiger partial charge is 0.353 e. The first kappa shape index (κ1) is 20.6. The molecule has 0 unspecified atom stereocenters. The lowest BCUT2D eigenvalue weighted by molar-refractivity contribution is -0.142. The molecule has 0 amide bonds. The SMILES string of the molecule is CCOC(CCOP(=O)(NCCCl)NCCCl)OCC. The summed E-state index contributed by atoms with van der Waals surface area (Å²) in [6.45, 7) is 5.90. The van der Waals surface area contributed by atoms with Gasteiger partial charge >= 0.3 is 7.67 Å². The molecule has 0 aromatic heterocycles. The molecule has 0 aromatic rings. The van der Waals surface area contributed by atoms with Crippen LogP contribution in [0.2, 0.25) is 0 Å². The Morgan fingerprint density at radius 1 is 1.05 bits per heavy atom. The van der Waals surface area contributed by atoms with E-state index in [0.717, 1.165) is 0 Å². The molecular formula is C11H25Cl2N2O4P. The van der Waals surface area contributed by atoms with Crippen molar-refractivity contribution in [2.75, 3.05) is 44.7 Å². The molecule has 20 heavy (non-hydrogen) atoms. The van der Waals surface area contributed by atoms with E-state index in [9.17, 15) is 4.57 Å². The molecule has 0 saturated heterocycles. The lowest BCUT2D eigenvalue weighted by Crippen LogP contribution is -2.28. The van der Waals surface area contributed by atoms with Crippen molar-refractivity contribution in [2.45, 2.75) is 26.6 Å². The maximum absolute atomic E-state index is 12.4. The van der Waals surface area contributed by atoms with Gasteiger partial charge in [-0.3, -0.25) is 4.57 Å². The highest BCUT2D eigenvalue weighted by atomic mass is 35.5. The normalized spacial score (nSPS) is 12.2. The third-order valence-corrected chi connectivity index (χ3v) is 4.36. The van der Waals surface area contributed by atoms with Crippen molar-refractivity contribution < 1.29 is 18.6 Å². The zero-order chi connectivity index (χ0) is 15.3. The zero-order valence-electron chi connectivity index (χ0n) is 12.1. The number of ether oxygens (including phenoxy) is 2. The van der Waals surface area contributed by atoms with Gasteiger partial charge in [0, 0.05) is 44.5 Å². The summed E-state index contributed by atoms with van der Waals surface area (Å²) in [5.41, 5.74) is 0. The molecule has 0 radical (unpaired) electrons. The summed E-state index contributed by atoms with van der Waals surface area (Å²) in [5.74, 6) is 0.687. The maximum Gasteiger partial charge on any atom is 0.340 e. The van der Waals surface area contributed by atoms with Crippen LogP contribution in [-0.2, 0) is 18.6 Å². The molecule has 0 spiro atoms. The molecule has 6 nitrogen and oxygen atoms in total. The molecule has 0 bridgehead atoms. The molecule has 0 aliphatic heterocycles. The molecule has 0 rings (SSSR count). The van der Waals surface area contributed by atoms with Crippen molar-refractivity contribution in [3.8, 4) is 0 Å². The fourth-order valence-electron chi connectivity index (χ4n) is 1.39. The predicted octanol–water partition coefficient (Wildman–Crippen LogP) is 2.56. The van der Waals surface area contributed by atoms with Crippen LogP contribution >= 0.6 is 30.9 Å². The molecule has 0 aromatic carbocycles. The third kappa shape index (κ3) is 10.4. The average Bonchev–Trinajstić information content (AvgIpc) is 2.44. The molecular weight excluding hydrogens is 326 g/mol. The van der Waals surface area contributed by atoms with Crippen LogP contribution in [0.3, 0.4) is 0 Å². The van der Waals surface area contributed by atoms with Gasteiger partial charge in [-0.15, -0.1) is 23.2 Å². The van der Waals surface area contributed by atoms with Crippen LogP contribution in [0.4, 0.5) is 0 Å². The van der Waals surface area contributed by atoms with Gasteiger partial charge in [0.1, 0.15) is 0 Å². The van der Waals surface area contributed by atoms with Gasteiger partial charge in [-0.05, 0) is 13.8 Å². The second kappa shape index (κ2) is 13.3. The van der Waals surface area contributed by atoms with Gasteiger partial charge in [-0.1, -0.05) is 0 Å².